The van der Waals surface area contributed by atoms with Crippen LogP contribution < -0.4 is 5.73 Å². The van der Waals surface area contributed by atoms with Gasteiger partial charge in [-0.05, 0) is 48.7 Å². The first kappa shape index (κ1) is 15.4. The maximum absolute atomic E-state index is 5.96. The largest absolute Gasteiger partial charge is 0.330 e. The Labute approximate surface area is 121 Å². The first-order chi connectivity index (χ1) is 9.80. The highest BCUT2D eigenvalue weighted by molar-refractivity contribution is 4.88. The van der Waals surface area contributed by atoms with Gasteiger partial charge in [0.1, 0.15) is 0 Å². The fourth-order valence-electron chi connectivity index (χ4n) is 3.31. The Balaban J connectivity index is 2.05. The van der Waals surface area contributed by atoms with Gasteiger partial charge in [-0.25, -0.2) is 4.68 Å². The zero-order valence-corrected chi connectivity index (χ0v) is 12.8. The molecule has 1 aromatic rings. The van der Waals surface area contributed by atoms with Gasteiger partial charge in [-0.1, -0.05) is 26.7 Å². The highest BCUT2D eigenvalue weighted by atomic mass is 15.5. The Morgan fingerprint density at radius 3 is 2.80 bits per heavy atom. The zero-order chi connectivity index (χ0) is 14.4. The monoisotopic (exact) mass is 280 g/mol. The van der Waals surface area contributed by atoms with Crippen LogP contribution in [-0.4, -0.2) is 44.2 Å². The SMILES string of the molecule is CCCn1nnnc1CN(CC)C1CCCCC1CN. The minimum Gasteiger partial charge on any atom is -0.330 e. The number of aromatic nitrogens is 4. The molecule has 1 heterocycles. The van der Waals surface area contributed by atoms with Crippen molar-refractivity contribution in [2.24, 2.45) is 11.7 Å². The average molecular weight is 280 g/mol. The van der Waals surface area contributed by atoms with E-state index in [1.165, 1.54) is 25.7 Å². The lowest BCUT2D eigenvalue weighted by Crippen LogP contribution is -2.45. The summed E-state index contributed by atoms with van der Waals surface area (Å²) in [7, 11) is 0. The van der Waals surface area contributed by atoms with E-state index in [-0.39, 0.29) is 0 Å². The lowest BCUT2D eigenvalue weighted by Gasteiger charge is -2.38. The molecule has 2 N–H and O–H groups in total. The van der Waals surface area contributed by atoms with Crippen LogP contribution in [0.5, 0.6) is 0 Å². The van der Waals surface area contributed by atoms with E-state index in [2.05, 4.69) is 34.3 Å². The molecule has 1 aliphatic carbocycles. The molecule has 0 radical (unpaired) electrons. The summed E-state index contributed by atoms with van der Waals surface area (Å²) >= 11 is 0. The van der Waals surface area contributed by atoms with Crippen molar-refractivity contribution >= 4 is 0 Å². The van der Waals surface area contributed by atoms with Gasteiger partial charge in [0.25, 0.3) is 0 Å². The summed E-state index contributed by atoms with van der Waals surface area (Å²) in [4.78, 5) is 2.51. The van der Waals surface area contributed by atoms with Crippen molar-refractivity contribution in [2.45, 2.75) is 65.1 Å². The lowest BCUT2D eigenvalue weighted by molar-refractivity contribution is 0.101. The molecular weight excluding hydrogens is 252 g/mol. The highest BCUT2D eigenvalue weighted by Gasteiger charge is 2.29. The Bertz CT molecular complexity index is 391. The average Bonchev–Trinajstić information content (AvgIpc) is 2.92. The molecule has 1 fully saturated rings. The molecule has 0 bridgehead atoms. The van der Waals surface area contributed by atoms with E-state index in [1.54, 1.807) is 0 Å². The molecule has 1 aromatic heterocycles. The zero-order valence-electron chi connectivity index (χ0n) is 12.8. The minimum atomic E-state index is 0.588. The van der Waals surface area contributed by atoms with Crippen LogP contribution in [0.15, 0.2) is 0 Å². The van der Waals surface area contributed by atoms with Gasteiger partial charge in [-0.3, -0.25) is 4.90 Å². The normalized spacial score (nSPS) is 23.4. The molecular formula is C14H28N6. The Hall–Kier alpha value is -1.01. The third-order valence-electron chi connectivity index (χ3n) is 4.43. The van der Waals surface area contributed by atoms with Crippen LogP contribution in [0.1, 0.15) is 51.8 Å². The molecule has 2 atom stereocenters. The molecule has 6 nitrogen and oxygen atoms in total. The van der Waals surface area contributed by atoms with Gasteiger partial charge >= 0.3 is 0 Å². The molecule has 0 aromatic carbocycles. The van der Waals surface area contributed by atoms with Gasteiger partial charge in [0.15, 0.2) is 5.82 Å². The lowest BCUT2D eigenvalue weighted by atomic mass is 9.83. The van der Waals surface area contributed by atoms with Crippen LogP contribution >= 0.6 is 0 Å². The molecule has 0 spiro atoms. The minimum absolute atomic E-state index is 0.588. The van der Waals surface area contributed by atoms with E-state index < -0.39 is 0 Å². The van der Waals surface area contributed by atoms with E-state index in [4.69, 9.17) is 5.73 Å². The molecule has 1 saturated carbocycles. The van der Waals surface area contributed by atoms with Crippen molar-refractivity contribution in [3.8, 4) is 0 Å². The van der Waals surface area contributed by atoms with E-state index in [9.17, 15) is 0 Å². The van der Waals surface area contributed by atoms with Crippen LogP contribution in [0.4, 0.5) is 0 Å². The van der Waals surface area contributed by atoms with Crippen LogP contribution in [-0.2, 0) is 13.1 Å². The van der Waals surface area contributed by atoms with Crippen molar-refractivity contribution in [3.63, 3.8) is 0 Å². The molecule has 2 unspecified atom stereocenters. The topological polar surface area (TPSA) is 72.9 Å². The number of aryl methyl sites for hydroxylation is 1. The quantitative estimate of drug-likeness (QED) is 0.818. The standard InChI is InChI=1S/C14H28N6/c1-3-9-20-14(16-17-18-20)11-19(4-2)13-8-6-5-7-12(13)10-15/h12-13H,3-11,15H2,1-2H3. The van der Waals surface area contributed by atoms with E-state index in [0.29, 0.717) is 12.0 Å². The molecule has 20 heavy (non-hydrogen) atoms. The summed E-state index contributed by atoms with van der Waals surface area (Å²) in [5, 5.41) is 12.1. The number of rotatable bonds is 7. The van der Waals surface area contributed by atoms with Gasteiger partial charge < -0.3 is 5.73 Å². The second-order valence-electron chi connectivity index (χ2n) is 5.73. The van der Waals surface area contributed by atoms with Crippen LogP contribution in [0.25, 0.3) is 0 Å². The third-order valence-corrected chi connectivity index (χ3v) is 4.43. The maximum atomic E-state index is 5.96. The first-order valence-corrected chi connectivity index (χ1v) is 7.99. The smallest absolute Gasteiger partial charge is 0.165 e. The van der Waals surface area contributed by atoms with Crippen LogP contribution in [0, 0.1) is 5.92 Å². The fourth-order valence-corrected chi connectivity index (χ4v) is 3.31. The van der Waals surface area contributed by atoms with Crippen molar-refractivity contribution in [2.75, 3.05) is 13.1 Å². The number of nitrogens with zero attached hydrogens (tertiary/aromatic N) is 5. The summed E-state index contributed by atoms with van der Waals surface area (Å²) < 4.78 is 1.93. The molecule has 1 aliphatic rings. The summed E-state index contributed by atoms with van der Waals surface area (Å²) in [5.41, 5.74) is 5.96. The summed E-state index contributed by atoms with van der Waals surface area (Å²) in [6.45, 7) is 7.92. The Morgan fingerprint density at radius 2 is 2.10 bits per heavy atom. The second-order valence-corrected chi connectivity index (χ2v) is 5.73. The number of hydrogen-bond acceptors (Lipinski definition) is 5. The predicted molar refractivity (Wildman–Crippen MR) is 79.0 cm³/mol. The molecule has 2 rings (SSSR count). The molecule has 6 heteroatoms. The second kappa shape index (κ2) is 7.69. The molecule has 0 amide bonds. The highest BCUT2D eigenvalue weighted by Crippen LogP contribution is 2.28. The van der Waals surface area contributed by atoms with Crippen LogP contribution in [0.3, 0.4) is 0 Å². The van der Waals surface area contributed by atoms with Gasteiger partial charge in [-0.15, -0.1) is 5.10 Å². The summed E-state index contributed by atoms with van der Waals surface area (Å²) in [5.74, 6) is 1.61. The summed E-state index contributed by atoms with van der Waals surface area (Å²) in [6.07, 6.45) is 6.21. The van der Waals surface area contributed by atoms with Crippen LogP contribution in [0.2, 0.25) is 0 Å². The number of tetrazole rings is 1. The Kier molecular flexibility index (Phi) is 5.91. The van der Waals surface area contributed by atoms with Crippen molar-refractivity contribution in [1.29, 1.82) is 0 Å². The van der Waals surface area contributed by atoms with Gasteiger partial charge in [0.2, 0.25) is 0 Å². The van der Waals surface area contributed by atoms with E-state index >= 15 is 0 Å². The van der Waals surface area contributed by atoms with E-state index in [1.807, 2.05) is 4.68 Å². The van der Waals surface area contributed by atoms with Gasteiger partial charge in [0, 0.05) is 12.6 Å². The number of nitrogens with two attached hydrogens (primary N) is 1. The van der Waals surface area contributed by atoms with Crippen molar-refractivity contribution < 1.29 is 0 Å². The summed E-state index contributed by atoms with van der Waals surface area (Å²) in [6, 6.07) is 0.588. The van der Waals surface area contributed by atoms with E-state index in [0.717, 1.165) is 38.4 Å². The predicted octanol–water partition coefficient (Wildman–Crippen LogP) is 1.42. The molecule has 0 aliphatic heterocycles. The van der Waals surface area contributed by atoms with Crippen molar-refractivity contribution in [3.05, 3.63) is 5.82 Å². The Morgan fingerprint density at radius 1 is 1.30 bits per heavy atom. The number of hydrogen-bond donors (Lipinski definition) is 1. The third kappa shape index (κ3) is 3.55. The van der Waals surface area contributed by atoms with Crippen molar-refractivity contribution in [1.82, 2.24) is 25.1 Å². The molecule has 114 valence electrons. The fraction of sp³-hybridized carbons (Fsp3) is 0.929. The van der Waals surface area contributed by atoms with Gasteiger partial charge in [-0.2, -0.15) is 0 Å². The first-order valence-electron chi connectivity index (χ1n) is 7.99. The maximum Gasteiger partial charge on any atom is 0.165 e. The molecule has 0 saturated heterocycles. The van der Waals surface area contributed by atoms with Gasteiger partial charge in [0.05, 0.1) is 6.54 Å².